The molecule has 0 aliphatic rings. The van der Waals surface area contributed by atoms with Crippen LogP contribution in [0.4, 0.5) is 0 Å². The van der Waals surface area contributed by atoms with Crippen molar-refractivity contribution < 1.29 is 19.0 Å². The van der Waals surface area contributed by atoms with Crippen molar-refractivity contribution in [2.24, 2.45) is 12.0 Å². The standard InChI is InChI=1S/C23H28N2O4S/c1-7-27-17-12-16(13-18(28-8-2)21(17)29-9-3)22(26)24-23-25(6)20-15(5)10-14(4)11-19(20)30-23/h10-13H,7-9H2,1-6H3. The van der Waals surface area contributed by atoms with Gasteiger partial charge in [-0.15, -0.1) is 0 Å². The highest BCUT2D eigenvalue weighted by atomic mass is 32.1. The topological polar surface area (TPSA) is 62.0 Å². The molecule has 3 rings (SSSR count). The summed E-state index contributed by atoms with van der Waals surface area (Å²) < 4.78 is 20.2. The molecule has 0 atom stereocenters. The van der Waals surface area contributed by atoms with E-state index < -0.39 is 0 Å². The lowest BCUT2D eigenvalue weighted by molar-refractivity contribution is 0.0997. The van der Waals surface area contributed by atoms with Gasteiger partial charge in [0, 0.05) is 12.6 Å². The number of nitrogens with zero attached hydrogens (tertiary/aromatic N) is 2. The van der Waals surface area contributed by atoms with Crippen LogP contribution in [0, 0.1) is 13.8 Å². The van der Waals surface area contributed by atoms with E-state index in [2.05, 4.69) is 31.0 Å². The Morgan fingerprint density at radius 2 is 1.57 bits per heavy atom. The number of hydrogen-bond acceptors (Lipinski definition) is 5. The van der Waals surface area contributed by atoms with Crippen LogP contribution in [0.2, 0.25) is 0 Å². The van der Waals surface area contributed by atoms with Crippen molar-refractivity contribution >= 4 is 27.5 Å². The number of fused-ring (bicyclic) bond motifs is 1. The van der Waals surface area contributed by atoms with E-state index in [-0.39, 0.29) is 5.91 Å². The van der Waals surface area contributed by atoms with Crippen LogP contribution in [0.25, 0.3) is 10.2 Å². The third-order valence-electron chi connectivity index (χ3n) is 4.59. The zero-order chi connectivity index (χ0) is 21.8. The molecule has 0 aliphatic heterocycles. The van der Waals surface area contributed by atoms with Gasteiger partial charge in [0.15, 0.2) is 16.3 Å². The molecule has 6 nitrogen and oxygen atoms in total. The summed E-state index contributed by atoms with van der Waals surface area (Å²) >= 11 is 1.50. The normalized spacial score (nSPS) is 11.7. The van der Waals surface area contributed by atoms with Gasteiger partial charge in [0.2, 0.25) is 5.75 Å². The largest absolute Gasteiger partial charge is 0.490 e. The van der Waals surface area contributed by atoms with Gasteiger partial charge in [0.05, 0.1) is 30.0 Å². The van der Waals surface area contributed by atoms with Gasteiger partial charge in [0.1, 0.15) is 0 Å². The fourth-order valence-electron chi connectivity index (χ4n) is 3.45. The first-order chi connectivity index (χ1) is 14.4. The number of carbonyl (C=O) groups excluding carboxylic acids is 1. The van der Waals surface area contributed by atoms with Crippen molar-refractivity contribution in [3.8, 4) is 17.2 Å². The van der Waals surface area contributed by atoms with Gasteiger partial charge in [-0.3, -0.25) is 4.79 Å². The summed E-state index contributed by atoms with van der Waals surface area (Å²) in [5, 5.41) is 0. The number of aromatic nitrogens is 1. The maximum atomic E-state index is 13.1. The Bertz CT molecular complexity index is 1120. The molecule has 0 bridgehead atoms. The Labute approximate surface area is 180 Å². The first kappa shape index (κ1) is 21.9. The molecule has 0 unspecified atom stereocenters. The van der Waals surface area contributed by atoms with Crippen molar-refractivity contribution in [1.82, 2.24) is 4.57 Å². The van der Waals surface area contributed by atoms with Crippen LogP contribution < -0.4 is 19.0 Å². The maximum absolute atomic E-state index is 13.1. The number of hydrogen-bond donors (Lipinski definition) is 0. The fourth-order valence-corrected chi connectivity index (χ4v) is 4.65. The summed E-state index contributed by atoms with van der Waals surface area (Å²) in [6.07, 6.45) is 0. The first-order valence-electron chi connectivity index (χ1n) is 10.1. The number of thiazole rings is 1. The molecule has 0 saturated heterocycles. The van der Waals surface area contributed by atoms with Crippen molar-refractivity contribution in [3.05, 3.63) is 45.8 Å². The predicted molar refractivity (Wildman–Crippen MR) is 120 cm³/mol. The SMILES string of the molecule is CCOc1cc(C(=O)N=c2sc3cc(C)cc(C)c3n2C)cc(OCC)c1OCC. The molecule has 0 radical (unpaired) electrons. The molecule has 0 aliphatic carbocycles. The molecule has 0 saturated carbocycles. The van der Waals surface area contributed by atoms with E-state index in [0.29, 0.717) is 47.4 Å². The molecule has 0 fully saturated rings. The second-order valence-electron chi connectivity index (χ2n) is 6.89. The zero-order valence-corrected chi connectivity index (χ0v) is 19.2. The van der Waals surface area contributed by atoms with E-state index in [9.17, 15) is 4.79 Å². The lowest BCUT2D eigenvalue weighted by atomic mass is 10.1. The van der Waals surface area contributed by atoms with Crippen LogP contribution in [-0.2, 0) is 7.05 Å². The number of ether oxygens (including phenoxy) is 3. The van der Waals surface area contributed by atoms with E-state index in [1.807, 2.05) is 32.4 Å². The van der Waals surface area contributed by atoms with E-state index in [1.54, 1.807) is 12.1 Å². The van der Waals surface area contributed by atoms with Gasteiger partial charge < -0.3 is 18.8 Å². The van der Waals surface area contributed by atoms with Crippen LogP contribution >= 0.6 is 11.3 Å². The summed E-state index contributed by atoms with van der Waals surface area (Å²) in [6, 6.07) is 7.60. The Morgan fingerprint density at radius 1 is 0.967 bits per heavy atom. The third kappa shape index (κ3) is 4.36. The summed E-state index contributed by atoms with van der Waals surface area (Å²) in [7, 11) is 1.93. The molecule has 0 spiro atoms. The molecule has 160 valence electrons. The summed E-state index contributed by atoms with van der Waals surface area (Å²) in [5.41, 5.74) is 3.84. The number of benzene rings is 2. The second kappa shape index (κ2) is 9.34. The number of rotatable bonds is 7. The molecule has 3 aromatic rings. The first-order valence-corrected chi connectivity index (χ1v) is 10.9. The molecule has 1 aromatic heterocycles. The molecular formula is C23H28N2O4S. The van der Waals surface area contributed by atoms with Crippen LogP contribution in [0.5, 0.6) is 17.2 Å². The fraction of sp³-hybridized carbons (Fsp3) is 0.391. The van der Waals surface area contributed by atoms with Gasteiger partial charge in [-0.2, -0.15) is 4.99 Å². The molecule has 7 heteroatoms. The van der Waals surface area contributed by atoms with Crippen molar-refractivity contribution in [2.45, 2.75) is 34.6 Å². The third-order valence-corrected chi connectivity index (χ3v) is 5.67. The lowest BCUT2D eigenvalue weighted by Crippen LogP contribution is -2.14. The summed E-state index contributed by atoms with van der Waals surface area (Å²) in [5.74, 6) is 1.12. The number of aryl methyl sites for hydroxylation is 3. The van der Waals surface area contributed by atoms with Gasteiger partial charge in [0.25, 0.3) is 5.91 Å². The number of carbonyl (C=O) groups is 1. The maximum Gasteiger partial charge on any atom is 0.279 e. The van der Waals surface area contributed by atoms with E-state index in [1.165, 1.54) is 16.9 Å². The highest BCUT2D eigenvalue weighted by Gasteiger charge is 2.18. The average Bonchev–Trinajstić information content (AvgIpc) is 2.99. The molecule has 0 N–H and O–H groups in total. The summed E-state index contributed by atoms with van der Waals surface area (Å²) in [4.78, 5) is 18.1. The van der Waals surface area contributed by atoms with Gasteiger partial charge >= 0.3 is 0 Å². The minimum absolute atomic E-state index is 0.350. The van der Waals surface area contributed by atoms with Crippen molar-refractivity contribution in [2.75, 3.05) is 19.8 Å². The zero-order valence-electron chi connectivity index (χ0n) is 18.4. The van der Waals surface area contributed by atoms with Crippen LogP contribution in [0.1, 0.15) is 42.3 Å². The monoisotopic (exact) mass is 428 g/mol. The average molecular weight is 429 g/mol. The van der Waals surface area contributed by atoms with Crippen LogP contribution in [0.3, 0.4) is 0 Å². The predicted octanol–water partition coefficient (Wildman–Crippen LogP) is 4.79. The Kier molecular flexibility index (Phi) is 6.82. The Hall–Kier alpha value is -2.80. The quantitative estimate of drug-likeness (QED) is 0.543. The number of amides is 1. The molecule has 1 amide bonds. The van der Waals surface area contributed by atoms with E-state index >= 15 is 0 Å². The van der Waals surface area contributed by atoms with Crippen molar-refractivity contribution in [1.29, 1.82) is 0 Å². The molecule has 30 heavy (non-hydrogen) atoms. The highest BCUT2D eigenvalue weighted by molar-refractivity contribution is 7.16. The van der Waals surface area contributed by atoms with Crippen LogP contribution in [-0.4, -0.2) is 30.3 Å². The van der Waals surface area contributed by atoms with Crippen LogP contribution in [0.15, 0.2) is 29.3 Å². The Morgan fingerprint density at radius 3 is 2.13 bits per heavy atom. The van der Waals surface area contributed by atoms with Gasteiger partial charge in [-0.1, -0.05) is 17.4 Å². The molecular weight excluding hydrogens is 400 g/mol. The Balaban J connectivity index is 2.12. The van der Waals surface area contributed by atoms with Gasteiger partial charge in [-0.25, -0.2) is 0 Å². The summed E-state index contributed by atoms with van der Waals surface area (Å²) in [6.45, 7) is 11.2. The lowest BCUT2D eigenvalue weighted by Gasteiger charge is -2.16. The van der Waals surface area contributed by atoms with Gasteiger partial charge in [-0.05, 0) is 63.9 Å². The molecule has 2 aromatic carbocycles. The smallest absolute Gasteiger partial charge is 0.279 e. The van der Waals surface area contributed by atoms with E-state index in [0.717, 1.165) is 15.8 Å². The highest BCUT2D eigenvalue weighted by Crippen LogP contribution is 2.39. The minimum atomic E-state index is -0.350. The second-order valence-corrected chi connectivity index (χ2v) is 7.90. The minimum Gasteiger partial charge on any atom is -0.490 e. The van der Waals surface area contributed by atoms with E-state index in [4.69, 9.17) is 14.2 Å². The molecule has 1 heterocycles. The van der Waals surface area contributed by atoms with Crippen molar-refractivity contribution in [3.63, 3.8) is 0 Å².